The lowest BCUT2D eigenvalue weighted by atomic mass is 9.97. The van der Waals surface area contributed by atoms with Gasteiger partial charge in [-0.1, -0.05) is 46.9 Å². The average molecular weight is 425 g/mol. The van der Waals surface area contributed by atoms with E-state index in [1.165, 1.54) is 0 Å². The zero-order chi connectivity index (χ0) is 15.8. The number of ether oxygens (including phenoxy) is 2. The second kappa shape index (κ2) is 6.13. The van der Waals surface area contributed by atoms with E-state index < -0.39 is 9.39 Å². The Balaban J connectivity index is 1.80. The lowest BCUT2D eigenvalue weighted by molar-refractivity contribution is 0.294. The Morgan fingerprint density at radius 1 is 1.27 bits per heavy atom. The quantitative estimate of drug-likeness (QED) is 0.511. The highest BCUT2D eigenvalue weighted by atomic mass is 79.9. The number of aromatic nitrogens is 2. The molecule has 3 rings (SSSR count). The number of epoxide rings is 1. The second-order valence-corrected chi connectivity index (χ2v) is 8.32. The highest BCUT2D eigenvalue weighted by Crippen LogP contribution is 2.50. The monoisotopic (exact) mass is 422 g/mol. The molecule has 2 heterocycles. The van der Waals surface area contributed by atoms with E-state index in [0.717, 1.165) is 10.0 Å². The van der Waals surface area contributed by atoms with Crippen molar-refractivity contribution in [3.63, 3.8) is 0 Å². The Hall–Kier alpha value is -0.590. The molecule has 2 aromatic rings. The normalized spacial score (nSPS) is 20.7. The van der Waals surface area contributed by atoms with Gasteiger partial charge in [0.1, 0.15) is 11.4 Å². The number of rotatable bonds is 4. The smallest absolute Gasteiger partial charge is 0.321 e. The van der Waals surface area contributed by atoms with Gasteiger partial charge in [-0.15, -0.1) is 0 Å². The lowest BCUT2D eigenvalue weighted by Crippen LogP contribution is -2.18. The molecule has 1 saturated heterocycles. The molecule has 8 heteroatoms. The minimum absolute atomic E-state index is 0.257. The molecule has 1 fully saturated rings. The van der Waals surface area contributed by atoms with Crippen LogP contribution in [0.2, 0.25) is 0 Å². The largest absolute Gasteiger partial charge is 0.424 e. The van der Waals surface area contributed by atoms with Crippen LogP contribution in [0.15, 0.2) is 41.1 Å². The van der Waals surface area contributed by atoms with Gasteiger partial charge >= 0.3 is 6.01 Å². The first-order chi connectivity index (χ1) is 10.4. The third kappa shape index (κ3) is 4.03. The van der Waals surface area contributed by atoms with Crippen LogP contribution in [0.25, 0.3) is 0 Å². The number of halogens is 4. The molecule has 4 nitrogen and oxygen atoms in total. The number of hydrogen-bond acceptors (Lipinski definition) is 4. The van der Waals surface area contributed by atoms with E-state index in [9.17, 15) is 0 Å². The zero-order valence-electron chi connectivity index (χ0n) is 11.1. The van der Waals surface area contributed by atoms with Crippen LogP contribution in [0.3, 0.4) is 0 Å². The molecule has 0 aliphatic carbocycles. The summed E-state index contributed by atoms with van der Waals surface area (Å²) in [5.41, 5.74) is 0.332. The summed E-state index contributed by atoms with van der Waals surface area (Å²) in [7, 11) is 0. The van der Waals surface area contributed by atoms with E-state index in [1.54, 1.807) is 18.5 Å². The molecule has 0 radical (unpaired) electrons. The van der Waals surface area contributed by atoms with Gasteiger partial charge in [-0.3, -0.25) is 0 Å². The number of alkyl halides is 3. The van der Waals surface area contributed by atoms with Gasteiger partial charge in [0.25, 0.3) is 0 Å². The van der Waals surface area contributed by atoms with Crippen molar-refractivity contribution in [3.8, 4) is 11.8 Å². The molecule has 1 aliphatic rings. The van der Waals surface area contributed by atoms with Gasteiger partial charge in [-0.25, -0.2) is 9.97 Å². The van der Waals surface area contributed by atoms with Gasteiger partial charge in [0.05, 0.1) is 11.1 Å². The van der Waals surface area contributed by atoms with Crippen LogP contribution in [-0.4, -0.2) is 20.4 Å². The third-order valence-corrected chi connectivity index (χ3v) is 3.96. The van der Waals surface area contributed by atoms with Crippen LogP contribution in [0, 0.1) is 0 Å². The molecule has 1 atom stereocenters. The van der Waals surface area contributed by atoms with Gasteiger partial charge in [0.15, 0.2) is 3.79 Å². The SMILES string of the molecule is ClC(Cl)(Cl)CC1(c2cccc(Oc3ncc(Br)cn3)c2)CO1. The summed E-state index contributed by atoms with van der Waals surface area (Å²) in [6, 6.07) is 7.67. The van der Waals surface area contributed by atoms with Crippen molar-refractivity contribution < 1.29 is 9.47 Å². The molecule has 1 aliphatic heterocycles. The van der Waals surface area contributed by atoms with E-state index in [0.29, 0.717) is 12.4 Å². The Labute approximate surface area is 150 Å². The van der Waals surface area contributed by atoms with Crippen molar-refractivity contribution >= 4 is 50.7 Å². The fourth-order valence-electron chi connectivity index (χ4n) is 2.08. The molecule has 0 amide bonds. The van der Waals surface area contributed by atoms with Gasteiger partial charge in [-0.2, -0.15) is 0 Å². The van der Waals surface area contributed by atoms with Crippen molar-refractivity contribution in [3.05, 3.63) is 46.7 Å². The zero-order valence-corrected chi connectivity index (χ0v) is 15.0. The summed E-state index contributed by atoms with van der Waals surface area (Å²) in [5, 5.41) is 0. The summed E-state index contributed by atoms with van der Waals surface area (Å²) in [6.07, 6.45) is 3.50. The van der Waals surface area contributed by atoms with Gasteiger partial charge in [0, 0.05) is 18.8 Å². The molecule has 0 N–H and O–H groups in total. The molecule has 0 saturated carbocycles. The van der Waals surface area contributed by atoms with E-state index in [2.05, 4.69) is 25.9 Å². The maximum Gasteiger partial charge on any atom is 0.321 e. The number of benzene rings is 1. The molecule has 22 heavy (non-hydrogen) atoms. The Morgan fingerprint density at radius 3 is 2.55 bits per heavy atom. The van der Waals surface area contributed by atoms with Crippen LogP contribution >= 0.6 is 50.7 Å². The second-order valence-electron chi connectivity index (χ2n) is 4.89. The van der Waals surface area contributed by atoms with E-state index >= 15 is 0 Å². The van der Waals surface area contributed by atoms with E-state index in [4.69, 9.17) is 44.3 Å². The van der Waals surface area contributed by atoms with Crippen LogP contribution in [-0.2, 0) is 10.3 Å². The summed E-state index contributed by atoms with van der Waals surface area (Å²) in [4.78, 5) is 8.13. The predicted molar refractivity (Wildman–Crippen MR) is 88.8 cm³/mol. The van der Waals surface area contributed by atoms with Gasteiger partial charge < -0.3 is 9.47 Å². The molecule has 1 unspecified atom stereocenters. The summed E-state index contributed by atoms with van der Waals surface area (Å²) >= 11 is 20.9. The molecule has 0 spiro atoms. The maximum absolute atomic E-state index is 5.89. The number of nitrogens with zero attached hydrogens (tertiary/aromatic N) is 2. The summed E-state index contributed by atoms with van der Waals surface area (Å²) in [6.45, 7) is 0.513. The van der Waals surface area contributed by atoms with Crippen molar-refractivity contribution in [2.45, 2.75) is 15.8 Å². The fourth-order valence-corrected chi connectivity index (χ4v) is 2.94. The van der Waals surface area contributed by atoms with Gasteiger partial charge in [-0.05, 0) is 33.6 Å². The van der Waals surface area contributed by atoms with Crippen LogP contribution in [0.1, 0.15) is 12.0 Å². The summed E-state index contributed by atoms with van der Waals surface area (Å²) < 4.78 is 10.6. The van der Waals surface area contributed by atoms with E-state index in [-0.39, 0.29) is 12.4 Å². The van der Waals surface area contributed by atoms with Crippen LogP contribution in [0.4, 0.5) is 0 Å². The minimum atomic E-state index is -1.37. The average Bonchev–Trinajstić information content (AvgIpc) is 3.21. The predicted octanol–water partition coefficient (Wildman–Crippen LogP) is 5.02. The van der Waals surface area contributed by atoms with Crippen molar-refractivity contribution in [1.82, 2.24) is 9.97 Å². The van der Waals surface area contributed by atoms with Crippen molar-refractivity contribution in [2.75, 3.05) is 6.61 Å². The van der Waals surface area contributed by atoms with Crippen molar-refractivity contribution in [1.29, 1.82) is 0 Å². The van der Waals surface area contributed by atoms with Gasteiger partial charge in [0.2, 0.25) is 0 Å². The third-order valence-electron chi connectivity index (χ3n) is 3.14. The van der Waals surface area contributed by atoms with E-state index in [1.807, 2.05) is 18.2 Å². The highest BCUT2D eigenvalue weighted by molar-refractivity contribution is 9.10. The molecule has 116 valence electrons. The Morgan fingerprint density at radius 2 is 1.95 bits per heavy atom. The Kier molecular flexibility index (Phi) is 4.54. The van der Waals surface area contributed by atoms with Crippen LogP contribution in [0.5, 0.6) is 11.8 Å². The standard InChI is InChI=1S/C14H10BrCl3N2O2/c15-10-5-19-12(20-6-10)22-11-3-1-2-9(4-11)13(8-21-13)7-14(16,17)18/h1-6H,7-8H2. The first-order valence-electron chi connectivity index (χ1n) is 6.33. The number of hydrogen-bond donors (Lipinski definition) is 0. The molecular weight excluding hydrogens is 414 g/mol. The first-order valence-corrected chi connectivity index (χ1v) is 8.26. The first kappa shape index (κ1) is 16.3. The van der Waals surface area contributed by atoms with Crippen LogP contribution < -0.4 is 4.74 Å². The highest BCUT2D eigenvalue weighted by Gasteiger charge is 2.51. The lowest BCUT2D eigenvalue weighted by Gasteiger charge is -2.18. The molecule has 1 aromatic carbocycles. The van der Waals surface area contributed by atoms with Crippen molar-refractivity contribution in [2.24, 2.45) is 0 Å². The topological polar surface area (TPSA) is 47.5 Å². The maximum atomic E-state index is 5.89. The fraction of sp³-hybridized carbons (Fsp3) is 0.286. The summed E-state index contributed by atoms with van der Waals surface area (Å²) in [5.74, 6) is 0.596. The molecular formula is C14H10BrCl3N2O2. The Bertz CT molecular complexity index is 673. The molecule has 1 aromatic heterocycles. The molecule has 0 bridgehead atoms. The minimum Gasteiger partial charge on any atom is -0.424 e.